The molecule has 0 aromatic carbocycles. The molecule has 0 aromatic rings. The first kappa shape index (κ1) is 442. The molecule has 0 aliphatic carbocycles. The van der Waals surface area contributed by atoms with Crippen LogP contribution in [-0.4, -0.2) is 5.48 Å². The van der Waals surface area contributed by atoms with Crippen molar-refractivity contribution < 1.29 is 42.3 Å². The monoisotopic (exact) mass is 253 g/mol. The molecule has 0 atom stereocenters. The molecule has 1 radical (unpaired) electrons. The van der Waals surface area contributed by atoms with Crippen molar-refractivity contribution >= 4 is 0 Å². The first-order valence-electron chi connectivity index (χ1n) is 0. The summed E-state index contributed by atoms with van der Waals surface area (Å²) in [4.78, 5) is 0. The molecule has 0 bridgehead atoms. The Morgan fingerprint density at radius 3 is 0.600 bits per heavy atom. The summed E-state index contributed by atoms with van der Waals surface area (Å²) in [6, 6.07) is 0. The van der Waals surface area contributed by atoms with Gasteiger partial charge in [-0.2, -0.15) is 0 Å². The molecule has 0 rings (SSSR count). The van der Waals surface area contributed by atoms with Crippen LogP contribution >= 0.6 is 0 Å². The molecule has 0 saturated heterocycles. The van der Waals surface area contributed by atoms with Crippen molar-refractivity contribution in [2.45, 2.75) is 0 Å². The van der Waals surface area contributed by atoms with Gasteiger partial charge in [-0.15, -0.1) is 0 Å². The molecule has 5 heteroatoms. The van der Waals surface area contributed by atoms with Gasteiger partial charge < -0.3 is 21.9 Å². The van der Waals surface area contributed by atoms with Gasteiger partial charge in [0.05, 0.1) is 0 Å². The number of rotatable bonds is 0. The molecule has 5 heavy (non-hydrogen) atoms. The summed E-state index contributed by atoms with van der Waals surface area (Å²) in [7, 11) is 0. The Morgan fingerprint density at radius 1 is 0.600 bits per heavy atom. The molecule has 0 aliphatic heterocycles. The summed E-state index contributed by atoms with van der Waals surface area (Å²) in [5.41, 5.74) is 0. The zero-order valence-corrected chi connectivity index (χ0v) is 4.82. The third-order valence-corrected chi connectivity index (χ3v) is 0. The van der Waals surface area contributed by atoms with E-state index in [9.17, 15) is 0 Å². The number of hydrogen-bond acceptors (Lipinski definition) is 0. The Morgan fingerprint density at radius 2 is 0.600 bits per heavy atom. The molecule has 0 spiro atoms. The van der Waals surface area contributed by atoms with Gasteiger partial charge in [0.15, 0.2) is 0 Å². The third-order valence-electron chi connectivity index (χ3n) is 0. The van der Waals surface area contributed by atoms with Crippen molar-refractivity contribution in [3.8, 4) is 0 Å². The van der Waals surface area contributed by atoms with E-state index in [4.69, 9.17) is 0 Å². The predicted octanol–water partition coefficient (Wildman–Crippen LogP) is -1.18. The molecule has 0 amide bonds. The maximum Gasteiger partial charge on any atom is 0 e. The van der Waals surface area contributed by atoms with Gasteiger partial charge in [0.2, 0.25) is 0 Å². The van der Waals surface area contributed by atoms with E-state index >= 15 is 0 Å². The van der Waals surface area contributed by atoms with Gasteiger partial charge >= 0.3 is 0 Å². The van der Waals surface area contributed by atoms with Crippen molar-refractivity contribution in [3.63, 3.8) is 0 Å². The van der Waals surface area contributed by atoms with Crippen LogP contribution in [0.3, 0.4) is 0 Å². The topological polar surface area (TPSA) is 117 Å². The van der Waals surface area contributed by atoms with Crippen LogP contribution in [0.25, 0.3) is 0 Å². The van der Waals surface area contributed by atoms with Crippen molar-refractivity contribution in [3.05, 3.63) is 0 Å². The SMILES string of the molecule is O.[O-2].[O-2].[O-2].[Re]. The van der Waals surface area contributed by atoms with Gasteiger partial charge in [-0.25, -0.2) is 0 Å². The van der Waals surface area contributed by atoms with E-state index in [1.54, 1.807) is 0 Å². The van der Waals surface area contributed by atoms with Crippen LogP contribution in [-0.2, 0) is 36.9 Å². The van der Waals surface area contributed by atoms with Crippen LogP contribution in [0.5, 0.6) is 0 Å². The Hall–Kier alpha value is 0.502. The fraction of sp³-hybridized carbons (Fsp3) is 0. The van der Waals surface area contributed by atoms with Crippen LogP contribution in [0.15, 0.2) is 0 Å². The van der Waals surface area contributed by atoms with E-state index in [0.717, 1.165) is 0 Å². The third kappa shape index (κ3) is 112. The van der Waals surface area contributed by atoms with Gasteiger partial charge in [0.25, 0.3) is 0 Å². The molecule has 0 heterocycles. The van der Waals surface area contributed by atoms with Crippen molar-refractivity contribution in [2.75, 3.05) is 0 Å². The minimum Gasteiger partial charge on any atom is -2.00 e. The van der Waals surface area contributed by atoms with Crippen molar-refractivity contribution in [1.29, 1.82) is 0 Å². The first-order valence-corrected chi connectivity index (χ1v) is 0. The zero-order valence-electron chi connectivity index (χ0n) is 2.10. The Kier molecular flexibility index (Phi) is 19300. The summed E-state index contributed by atoms with van der Waals surface area (Å²) in [6.07, 6.45) is 0. The van der Waals surface area contributed by atoms with Crippen molar-refractivity contribution in [1.82, 2.24) is 0 Å². The molecule has 0 aromatic heterocycles. The minimum atomic E-state index is 0. The molecule has 39 valence electrons. The molecular formula is H2O4Re-6. The molecular weight excluding hydrogens is 250 g/mol. The molecule has 0 aliphatic rings. The number of hydrogen-bond donors (Lipinski definition) is 0. The molecule has 0 saturated carbocycles. The first-order chi connectivity index (χ1) is 0. The second kappa shape index (κ2) is 219. The fourth-order valence-corrected chi connectivity index (χ4v) is 0. The van der Waals surface area contributed by atoms with Crippen molar-refractivity contribution in [2.24, 2.45) is 0 Å². The maximum absolute atomic E-state index is 0. The molecule has 0 unspecified atom stereocenters. The van der Waals surface area contributed by atoms with E-state index in [2.05, 4.69) is 0 Å². The van der Waals surface area contributed by atoms with Gasteiger partial charge in [0, 0.05) is 20.4 Å². The van der Waals surface area contributed by atoms with Crippen LogP contribution in [0.2, 0.25) is 0 Å². The summed E-state index contributed by atoms with van der Waals surface area (Å²) in [5.74, 6) is 0. The Labute approximate surface area is 43.1 Å². The average molecular weight is 252 g/mol. The molecule has 2 N–H and O–H groups in total. The van der Waals surface area contributed by atoms with E-state index in [-0.39, 0.29) is 42.3 Å². The van der Waals surface area contributed by atoms with Crippen LogP contribution in [0.1, 0.15) is 0 Å². The second-order valence-corrected chi connectivity index (χ2v) is 0. The smallest absolute Gasteiger partial charge is 0 e. The van der Waals surface area contributed by atoms with Gasteiger partial charge in [0.1, 0.15) is 0 Å². The van der Waals surface area contributed by atoms with Gasteiger partial charge in [-0.3, -0.25) is 0 Å². The minimum absolute atomic E-state index is 0. The van der Waals surface area contributed by atoms with E-state index in [1.165, 1.54) is 0 Å². The predicted molar refractivity (Wildman–Crippen MR) is 5.67 cm³/mol. The fourth-order valence-electron chi connectivity index (χ4n) is 0. The molecule has 4 nitrogen and oxygen atoms in total. The Balaban J connectivity index is 0. The summed E-state index contributed by atoms with van der Waals surface area (Å²) >= 11 is 0. The standard InChI is InChI=1S/H2O.3O.Re/h1H2;;;;/q;3*-2;. The normalized spacial score (nSPS) is 0. The van der Waals surface area contributed by atoms with Gasteiger partial charge in [-0.05, 0) is 0 Å². The summed E-state index contributed by atoms with van der Waals surface area (Å²) < 4.78 is 0. The zero-order chi connectivity index (χ0) is 0. The maximum atomic E-state index is 0. The average Bonchev–Trinajstić information content (AvgIpc) is 0. The summed E-state index contributed by atoms with van der Waals surface area (Å²) in [5, 5.41) is 0. The summed E-state index contributed by atoms with van der Waals surface area (Å²) in [6.45, 7) is 0. The largest absolute Gasteiger partial charge is 2.00 e. The second-order valence-electron chi connectivity index (χ2n) is 0. The van der Waals surface area contributed by atoms with Gasteiger partial charge in [-0.1, -0.05) is 0 Å². The van der Waals surface area contributed by atoms with E-state index < -0.39 is 0 Å². The quantitative estimate of drug-likeness (QED) is 0.515. The Bertz CT molecular complexity index is 3.61. The van der Waals surface area contributed by atoms with E-state index in [0.29, 0.717) is 0 Å². The molecule has 0 fully saturated rings. The van der Waals surface area contributed by atoms with Crippen LogP contribution in [0.4, 0.5) is 0 Å². The van der Waals surface area contributed by atoms with Crippen LogP contribution in [0, 0.1) is 0 Å². The van der Waals surface area contributed by atoms with E-state index in [1.807, 2.05) is 0 Å². The van der Waals surface area contributed by atoms with Crippen LogP contribution < -0.4 is 0 Å².